The topological polar surface area (TPSA) is 237 Å². The Labute approximate surface area is 632 Å². The van der Waals surface area contributed by atoms with Crippen molar-refractivity contribution in [2.45, 2.75) is 354 Å². The number of allylic oxidation sites excluding steroid dienone is 20. The van der Waals surface area contributed by atoms with Crippen molar-refractivity contribution in [2.24, 2.45) is 0 Å². The van der Waals surface area contributed by atoms with Crippen LogP contribution in [0, 0.1) is 0 Å². The number of ether oxygens (including phenoxy) is 4. The molecule has 17 nitrogen and oxygen atoms in total. The molecule has 0 aliphatic carbocycles. The number of carbonyl (C=O) groups is 4. The number of hydrogen-bond donors (Lipinski definition) is 3. The Balaban J connectivity index is 5.44. The Morgan fingerprint density at radius 1 is 0.279 bits per heavy atom. The van der Waals surface area contributed by atoms with Gasteiger partial charge in [-0.1, -0.05) is 323 Å². The highest BCUT2D eigenvalue weighted by Gasteiger charge is 2.30. The van der Waals surface area contributed by atoms with Crippen LogP contribution in [0.2, 0.25) is 0 Å². The van der Waals surface area contributed by atoms with Crippen molar-refractivity contribution in [3.8, 4) is 0 Å². The lowest BCUT2D eigenvalue weighted by Crippen LogP contribution is -2.30. The van der Waals surface area contributed by atoms with Gasteiger partial charge in [0.05, 0.1) is 26.4 Å². The Bertz CT molecular complexity index is 2440. The number of carbonyl (C=O) groups excluding carboxylic acids is 4. The van der Waals surface area contributed by atoms with Crippen molar-refractivity contribution < 1.29 is 80.2 Å². The second-order valence-corrected chi connectivity index (χ2v) is 29.9. The molecule has 0 amide bonds. The molecule has 19 heteroatoms. The van der Waals surface area contributed by atoms with Crippen LogP contribution in [0.15, 0.2) is 122 Å². The second kappa shape index (κ2) is 76.6. The first-order valence-electron chi connectivity index (χ1n) is 40.8. The monoisotopic (exact) mass is 1500 g/mol. The van der Waals surface area contributed by atoms with Crippen molar-refractivity contribution >= 4 is 39.5 Å². The maximum absolute atomic E-state index is 13.1. The Hall–Kier alpha value is -4.54. The van der Waals surface area contributed by atoms with E-state index in [9.17, 15) is 43.2 Å². The SMILES string of the molecule is CC/C=C\C/C=C\C/C=C\C/C=C\C/C=C\CCCCCC(=O)O[C@H](COC(=O)CCCCCCCCCCCCCCC)COP(=O)(O)OC[C@@H](O)COP(=O)(O)OC[C@@H](COC(=O)CCCCCCCCCCCCCCC)OC(=O)CC/C=C\C/C=C\C/C=C\C/C=C\C/C=C\CCCCC. The minimum Gasteiger partial charge on any atom is -0.462 e. The number of aliphatic hydroxyl groups excluding tert-OH is 1. The van der Waals surface area contributed by atoms with Gasteiger partial charge in [0.15, 0.2) is 12.2 Å². The van der Waals surface area contributed by atoms with Crippen LogP contribution in [-0.4, -0.2) is 96.7 Å². The van der Waals surface area contributed by atoms with Crippen LogP contribution in [0.3, 0.4) is 0 Å². The predicted molar refractivity (Wildman–Crippen MR) is 427 cm³/mol. The predicted octanol–water partition coefficient (Wildman–Crippen LogP) is 23.9. The summed E-state index contributed by atoms with van der Waals surface area (Å²) in [5.74, 6) is -2.29. The standard InChI is InChI=1S/C85H146O17P2/c1-5-9-13-17-21-25-29-33-35-37-39-41-43-47-51-55-59-63-67-71-84(89)101-80(75-95-82(87)69-65-61-57-53-49-45-31-27-23-19-15-11-7-3)77-99-103(91,92)97-73-79(86)74-98-104(93,94)100-78-81(76-96-83(88)70-66-62-58-54-50-46-32-28-24-20-16-12-8-4)102-85(90)72-68-64-60-56-52-48-44-42-40-38-36-34-30-26-22-18-14-10-6-2/h9,13,21-22,25-26,33-36,39-42,47-48,51-52,60,64,79-81,86H,5-8,10-12,14-20,23-24,27-32,37-38,43-46,49-50,53-59,61-63,65-78H2,1-4H3,(H,91,92)(H,93,94)/b13-9-,25-21-,26-22-,35-33-,36-34-,41-39-,42-40-,51-47-,52-48-,64-60-/t79-,80-,81-/m1/s1. The minimum absolute atomic E-state index is 0.0286. The van der Waals surface area contributed by atoms with Crippen LogP contribution in [0.5, 0.6) is 0 Å². The number of phosphoric ester groups is 2. The highest BCUT2D eigenvalue weighted by Crippen LogP contribution is 2.45. The third-order valence-electron chi connectivity index (χ3n) is 17.0. The molecule has 0 spiro atoms. The summed E-state index contributed by atoms with van der Waals surface area (Å²) >= 11 is 0. The highest BCUT2D eigenvalue weighted by atomic mass is 31.2. The van der Waals surface area contributed by atoms with Crippen molar-refractivity contribution in [2.75, 3.05) is 39.6 Å². The van der Waals surface area contributed by atoms with Gasteiger partial charge in [0.2, 0.25) is 0 Å². The van der Waals surface area contributed by atoms with Gasteiger partial charge in [-0.25, -0.2) is 9.13 Å². The molecule has 0 fully saturated rings. The molecular weight excluding hydrogens is 1350 g/mol. The molecular formula is C85H146O17P2. The van der Waals surface area contributed by atoms with Gasteiger partial charge in [0.1, 0.15) is 19.3 Å². The maximum atomic E-state index is 13.1. The lowest BCUT2D eigenvalue weighted by molar-refractivity contribution is -0.161. The smallest absolute Gasteiger partial charge is 0.462 e. The molecule has 0 aromatic carbocycles. The van der Waals surface area contributed by atoms with E-state index in [2.05, 4.69) is 131 Å². The Morgan fingerprint density at radius 3 is 0.846 bits per heavy atom. The summed E-state index contributed by atoms with van der Waals surface area (Å²) < 4.78 is 68.5. The van der Waals surface area contributed by atoms with Crippen LogP contribution < -0.4 is 0 Å². The molecule has 0 aliphatic rings. The van der Waals surface area contributed by atoms with Gasteiger partial charge < -0.3 is 33.8 Å². The van der Waals surface area contributed by atoms with Crippen LogP contribution >= 0.6 is 15.6 Å². The highest BCUT2D eigenvalue weighted by molar-refractivity contribution is 7.47. The third-order valence-corrected chi connectivity index (χ3v) is 18.9. The van der Waals surface area contributed by atoms with Crippen molar-refractivity contribution in [3.05, 3.63) is 122 Å². The largest absolute Gasteiger partial charge is 0.472 e. The van der Waals surface area contributed by atoms with E-state index in [0.717, 1.165) is 122 Å². The molecule has 598 valence electrons. The normalized spacial score (nSPS) is 14.5. The molecule has 0 aromatic heterocycles. The number of aliphatic hydroxyl groups is 1. The summed E-state index contributed by atoms with van der Waals surface area (Å²) in [5, 5.41) is 10.6. The van der Waals surface area contributed by atoms with Gasteiger partial charge in [0.25, 0.3) is 0 Å². The van der Waals surface area contributed by atoms with E-state index in [1.165, 1.54) is 128 Å². The molecule has 5 atom stereocenters. The van der Waals surface area contributed by atoms with E-state index in [4.69, 9.17) is 37.0 Å². The molecule has 0 heterocycles. The van der Waals surface area contributed by atoms with E-state index in [1.54, 1.807) is 0 Å². The first-order chi connectivity index (χ1) is 50.7. The second-order valence-electron chi connectivity index (χ2n) is 27.0. The first kappa shape index (κ1) is 99.5. The van der Waals surface area contributed by atoms with Crippen molar-refractivity contribution in [1.29, 1.82) is 0 Å². The zero-order chi connectivity index (χ0) is 76.0. The fraction of sp³-hybridized carbons (Fsp3) is 0.718. The zero-order valence-electron chi connectivity index (χ0n) is 65.4. The van der Waals surface area contributed by atoms with E-state index in [-0.39, 0.29) is 25.7 Å². The van der Waals surface area contributed by atoms with Gasteiger partial charge in [-0.05, 0) is 109 Å². The lowest BCUT2D eigenvalue weighted by Gasteiger charge is -2.21. The number of hydrogen-bond acceptors (Lipinski definition) is 15. The average molecular weight is 1500 g/mol. The molecule has 0 radical (unpaired) electrons. The lowest BCUT2D eigenvalue weighted by atomic mass is 10.0. The number of rotatable bonds is 76. The molecule has 2 unspecified atom stereocenters. The molecule has 0 rings (SSSR count). The van der Waals surface area contributed by atoms with E-state index in [0.29, 0.717) is 32.1 Å². The maximum Gasteiger partial charge on any atom is 0.472 e. The summed E-state index contributed by atoms with van der Waals surface area (Å²) in [6, 6.07) is 0. The molecule has 0 saturated heterocycles. The van der Waals surface area contributed by atoms with Gasteiger partial charge in [-0.15, -0.1) is 0 Å². The number of esters is 4. The Morgan fingerprint density at radius 2 is 0.519 bits per heavy atom. The molecule has 3 N–H and O–H groups in total. The Kier molecular flexibility index (Phi) is 73.3. The zero-order valence-corrected chi connectivity index (χ0v) is 67.2. The summed E-state index contributed by atoms with van der Waals surface area (Å²) in [5.41, 5.74) is 0. The van der Waals surface area contributed by atoms with E-state index >= 15 is 0 Å². The third kappa shape index (κ3) is 75.7. The van der Waals surface area contributed by atoms with Crippen LogP contribution in [0.4, 0.5) is 0 Å². The van der Waals surface area contributed by atoms with Crippen molar-refractivity contribution in [1.82, 2.24) is 0 Å². The van der Waals surface area contributed by atoms with Gasteiger partial charge in [-0.3, -0.25) is 37.3 Å². The summed E-state index contributed by atoms with van der Waals surface area (Å²) in [4.78, 5) is 73.0. The molecule has 0 bridgehead atoms. The van der Waals surface area contributed by atoms with Gasteiger partial charge in [-0.2, -0.15) is 0 Å². The van der Waals surface area contributed by atoms with Gasteiger partial charge >= 0.3 is 39.5 Å². The minimum atomic E-state index is -5.00. The number of phosphoric acid groups is 2. The first-order valence-corrected chi connectivity index (χ1v) is 43.8. The van der Waals surface area contributed by atoms with E-state index in [1.807, 2.05) is 18.2 Å². The van der Waals surface area contributed by atoms with Crippen LogP contribution in [-0.2, 0) is 65.4 Å². The molecule has 0 saturated carbocycles. The quantitative estimate of drug-likeness (QED) is 0.0169. The molecule has 104 heavy (non-hydrogen) atoms. The summed E-state index contributed by atoms with van der Waals surface area (Å²) in [6.45, 7) is 4.64. The average Bonchev–Trinajstić information content (AvgIpc) is 0.907. The van der Waals surface area contributed by atoms with Gasteiger partial charge in [0, 0.05) is 25.7 Å². The fourth-order valence-electron chi connectivity index (χ4n) is 10.8. The fourth-order valence-corrected chi connectivity index (χ4v) is 12.3. The van der Waals surface area contributed by atoms with Crippen LogP contribution in [0.25, 0.3) is 0 Å². The van der Waals surface area contributed by atoms with Crippen molar-refractivity contribution in [3.63, 3.8) is 0 Å². The summed E-state index contributed by atoms with van der Waals surface area (Å²) in [7, 11) is -9.99. The number of unbranched alkanes of at least 4 members (excludes halogenated alkanes) is 30. The molecule has 0 aliphatic heterocycles. The summed E-state index contributed by atoms with van der Waals surface area (Å²) in [6.07, 6.45) is 84.7. The molecule has 0 aromatic rings. The van der Waals surface area contributed by atoms with E-state index < -0.39 is 97.5 Å². The van der Waals surface area contributed by atoms with Crippen LogP contribution in [0.1, 0.15) is 336 Å².